The third-order valence-corrected chi connectivity index (χ3v) is 1.41. The first-order valence-corrected chi connectivity index (χ1v) is 4.90. The minimum absolute atomic E-state index is 0.261. The lowest BCUT2D eigenvalue weighted by Gasteiger charge is -1.96. The van der Waals surface area contributed by atoms with Crippen molar-refractivity contribution < 1.29 is 9.47 Å². The molecule has 0 saturated heterocycles. The van der Waals surface area contributed by atoms with Gasteiger partial charge < -0.3 is 9.47 Å². The van der Waals surface area contributed by atoms with Gasteiger partial charge in [0.25, 0.3) is 0 Å². The fraction of sp³-hybridized carbons (Fsp3) is 0.429. The number of rotatable bonds is 4. The molecule has 2 nitrogen and oxygen atoms in total. The molecule has 0 unspecified atom stereocenters. The van der Waals surface area contributed by atoms with Gasteiger partial charge in [-0.1, -0.05) is 11.8 Å². The summed E-state index contributed by atoms with van der Waals surface area (Å²) in [7, 11) is 0. The van der Waals surface area contributed by atoms with E-state index in [1.54, 1.807) is 0 Å². The summed E-state index contributed by atoms with van der Waals surface area (Å²) in [6, 6.07) is 0. The van der Waals surface area contributed by atoms with Crippen LogP contribution in [0.1, 0.15) is 0 Å². The predicted molar refractivity (Wildman–Crippen MR) is 60.4 cm³/mol. The van der Waals surface area contributed by atoms with Crippen molar-refractivity contribution in [3.8, 4) is 19.7 Å². The van der Waals surface area contributed by atoms with Gasteiger partial charge in [0.1, 0.15) is 20.0 Å². The second-order valence-electron chi connectivity index (χ2n) is 1.36. The van der Waals surface area contributed by atoms with Crippen LogP contribution in [0.3, 0.4) is 0 Å². The molecule has 0 amide bonds. The van der Waals surface area contributed by atoms with Crippen LogP contribution in [0.25, 0.3) is 0 Å². The van der Waals surface area contributed by atoms with Crippen LogP contribution in [0.4, 0.5) is 0 Å². The van der Waals surface area contributed by atoms with Gasteiger partial charge in [0.15, 0.2) is 0 Å². The van der Waals surface area contributed by atoms with Crippen LogP contribution in [0, 0.1) is 19.7 Å². The minimum Gasteiger partial charge on any atom is -0.343 e. The molecule has 0 aromatic rings. The molecule has 4 heteroatoms. The maximum atomic E-state index is 4.95. The average Bonchev–Trinajstić information content (AvgIpc) is 2.03. The average molecular weight is 376 g/mol. The summed E-state index contributed by atoms with van der Waals surface area (Å²) >= 11 is 3.91. The molecule has 0 fully saturated rings. The molecule has 0 saturated carbocycles. The van der Waals surface area contributed by atoms with E-state index in [0.717, 1.165) is 0 Å². The third-order valence-electron chi connectivity index (χ3n) is 0.649. The van der Waals surface area contributed by atoms with Crippen molar-refractivity contribution >= 4 is 45.2 Å². The van der Waals surface area contributed by atoms with Gasteiger partial charge in [-0.15, -0.1) is 0 Å². The van der Waals surface area contributed by atoms with Gasteiger partial charge in [-0.05, 0) is 7.85 Å². The molecule has 60 valence electrons. The molecule has 0 aromatic heterocycles. The Morgan fingerprint density at radius 1 is 0.909 bits per heavy atom. The minimum atomic E-state index is 0.261. The van der Waals surface area contributed by atoms with Crippen LogP contribution < -0.4 is 0 Å². The Hall–Kier alpha value is 0.500. The quantitative estimate of drug-likeness (QED) is 0.323. The van der Waals surface area contributed by atoms with Crippen LogP contribution in [-0.4, -0.2) is 20.0 Å². The topological polar surface area (TPSA) is 18.5 Å². The molecule has 0 heterocycles. The summed E-state index contributed by atoms with van der Waals surface area (Å²) in [5.41, 5.74) is 0. The van der Waals surface area contributed by atoms with E-state index in [0.29, 0.717) is 13.2 Å². The maximum Gasteiger partial charge on any atom is 0.149 e. The molecule has 0 atom stereocenters. The summed E-state index contributed by atoms with van der Waals surface area (Å²) in [5, 5.41) is 0. The van der Waals surface area contributed by atoms with E-state index >= 15 is 0 Å². The van der Waals surface area contributed by atoms with Crippen LogP contribution in [0.15, 0.2) is 0 Å². The van der Waals surface area contributed by atoms with Crippen molar-refractivity contribution in [3.05, 3.63) is 0 Å². The Labute approximate surface area is 93.7 Å². The van der Waals surface area contributed by atoms with Crippen molar-refractivity contribution in [2.45, 2.75) is 0 Å². The van der Waals surface area contributed by atoms with E-state index in [2.05, 4.69) is 19.7 Å². The fourth-order valence-corrected chi connectivity index (χ4v) is 0.610. The molecule has 0 aliphatic heterocycles. The Morgan fingerprint density at radius 2 is 1.36 bits per heavy atom. The van der Waals surface area contributed by atoms with Crippen LogP contribution in [0.5, 0.6) is 0 Å². The number of ether oxygens (including phenoxy) is 2. The predicted octanol–water partition coefficient (Wildman–Crippen LogP) is 1.77. The SMILES string of the molecule is IC#CCOCOCC#CI. The second-order valence-corrected chi connectivity index (χ2v) is 2.44. The zero-order valence-electron chi connectivity index (χ0n) is 5.69. The van der Waals surface area contributed by atoms with Gasteiger partial charge in [-0.3, -0.25) is 0 Å². The van der Waals surface area contributed by atoms with E-state index in [1.807, 2.05) is 45.2 Å². The highest BCUT2D eigenvalue weighted by atomic mass is 127. The zero-order valence-corrected chi connectivity index (χ0v) is 10.0. The summed E-state index contributed by atoms with van der Waals surface area (Å²) in [6.45, 7) is 1.10. The largest absolute Gasteiger partial charge is 0.343 e. The van der Waals surface area contributed by atoms with Crippen molar-refractivity contribution in [1.82, 2.24) is 0 Å². The van der Waals surface area contributed by atoms with Gasteiger partial charge in [0.2, 0.25) is 0 Å². The van der Waals surface area contributed by atoms with Crippen LogP contribution in [0.2, 0.25) is 0 Å². The zero-order chi connectivity index (χ0) is 8.36. The molecule has 0 bridgehead atoms. The number of hydrogen-bond donors (Lipinski definition) is 0. The fourth-order valence-electron chi connectivity index (χ4n) is 0.299. The van der Waals surface area contributed by atoms with Gasteiger partial charge in [0.05, 0.1) is 0 Å². The Balaban J connectivity index is 2.98. The first kappa shape index (κ1) is 11.5. The standard InChI is InChI=1S/C7H6I2O2/c8-3-1-5-10-7-11-6-2-4-9/h5-7H2. The summed E-state index contributed by atoms with van der Waals surface area (Å²) in [4.78, 5) is 0. The summed E-state index contributed by atoms with van der Waals surface area (Å²) in [5.74, 6) is 5.47. The number of halogens is 2. The van der Waals surface area contributed by atoms with Gasteiger partial charge >= 0.3 is 0 Å². The Bertz CT molecular complexity index is 172. The molecular formula is C7H6I2O2. The van der Waals surface area contributed by atoms with E-state index < -0.39 is 0 Å². The van der Waals surface area contributed by atoms with Gasteiger partial charge in [0, 0.05) is 45.2 Å². The van der Waals surface area contributed by atoms with Crippen molar-refractivity contribution in [1.29, 1.82) is 0 Å². The summed E-state index contributed by atoms with van der Waals surface area (Å²) < 4.78 is 15.3. The third kappa shape index (κ3) is 10.5. The molecule has 0 spiro atoms. The van der Waals surface area contributed by atoms with E-state index in [9.17, 15) is 0 Å². The monoisotopic (exact) mass is 376 g/mol. The lowest BCUT2D eigenvalue weighted by Crippen LogP contribution is -1.99. The van der Waals surface area contributed by atoms with Gasteiger partial charge in [-0.25, -0.2) is 0 Å². The number of hydrogen-bond acceptors (Lipinski definition) is 2. The molecule has 11 heavy (non-hydrogen) atoms. The highest BCUT2D eigenvalue weighted by Gasteiger charge is 1.81. The highest BCUT2D eigenvalue weighted by Crippen LogP contribution is 1.79. The Morgan fingerprint density at radius 3 is 1.73 bits per heavy atom. The first-order valence-electron chi connectivity index (χ1n) is 2.74. The van der Waals surface area contributed by atoms with Crippen LogP contribution >= 0.6 is 45.2 Å². The second kappa shape index (κ2) is 10.5. The van der Waals surface area contributed by atoms with E-state index in [-0.39, 0.29) is 6.79 Å². The molecule has 0 rings (SSSR count). The molecular weight excluding hydrogens is 370 g/mol. The molecule has 0 aliphatic carbocycles. The molecule has 0 aliphatic rings. The van der Waals surface area contributed by atoms with E-state index in [4.69, 9.17) is 9.47 Å². The normalized spacial score (nSPS) is 7.45. The Kier molecular flexibility index (Phi) is 11.0. The van der Waals surface area contributed by atoms with Crippen molar-refractivity contribution in [3.63, 3.8) is 0 Å². The summed E-state index contributed by atoms with van der Waals surface area (Å²) in [6.07, 6.45) is 0. The molecule has 0 N–H and O–H groups in total. The van der Waals surface area contributed by atoms with Crippen LogP contribution in [-0.2, 0) is 9.47 Å². The highest BCUT2D eigenvalue weighted by molar-refractivity contribution is 14.1. The molecule has 0 aromatic carbocycles. The van der Waals surface area contributed by atoms with Crippen molar-refractivity contribution in [2.75, 3.05) is 20.0 Å². The smallest absolute Gasteiger partial charge is 0.149 e. The maximum absolute atomic E-state index is 4.95. The van der Waals surface area contributed by atoms with Gasteiger partial charge in [-0.2, -0.15) is 0 Å². The molecule has 0 radical (unpaired) electrons. The van der Waals surface area contributed by atoms with E-state index in [1.165, 1.54) is 0 Å². The van der Waals surface area contributed by atoms with Crippen molar-refractivity contribution in [2.24, 2.45) is 0 Å². The lowest BCUT2D eigenvalue weighted by atomic mass is 10.7. The first-order chi connectivity index (χ1) is 5.41. The lowest BCUT2D eigenvalue weighted by molar-refractivity contribution is -0.0293.